The lowest BCUT2D eigenvalue weighted by molar-refractivity contribution is -0.167. The molecule has 0 aliphatic rings. The number of ether oxygens (including phenoxy) is 3. The van der Waals surface area contributed by atoms with Gasteiger partial charge in [0.2, 0.25) is 0 Å². The first-order valence-electron chi connectivity index (χ1n) is 26.8. The molecule has 0 aromatic rings. The number of unbranched alkanes of at least 4 members (excludes halogenated alkanes) is 22. The van der Waals surface area contributed by atoms with E-state index in [-0.39, 0.29) is 37.5 Å². The standard InChI is InChI=1S/C59H98O6/c1-4-7-10-13-16-19-22-25-27-29-30-32-34-37-40-43-46-49-52-58(61)64-55-56(54-63-57(60)51-48-45-42-39-36-33-24-21-18-15-12-9-6-3)65-59(62)53-50-47-44-41-38-35-31-28-26-23-20-17-14-11-8-5-2/h8,11,17,20,22,25-30,32-33,35-36,38,56H,4-7,9-10,12-16,18-19,21,23-24,31,34,37,39-55H2,1-3H3/b11-8-,20-17-,25-22-,28-26-,29-27-,32-30-,36-33-,38-35-. The third-order valence-corrected chi connectivity index (χ3v) is 11.1. The summed E-state index contributed by atoms with van der Waals surface area (Å²) in [5, 5.41) is 0. The Kier molecular flexibility index (Phi) is 50.0. The van der Waals surface area contributed by atoms with Crippen LogP contribution in [0.2, 0.25) is 0 Å². The van der Waals surface area contributed by atoms with Gasteiger partial charge in [-0.15, -0.1) is 0 Å². The molecule has 0 fully saturated rings. The van der Waals surface area contributed by atoms with Crippen molar-refractivity contribution in [1.29, 1.82) is 0 Å². The van der Waals surface area contributed by atoms with Crippen LogP contribution in [0.1, 0.15) is 239 Å². The van der Waals surface area contributed by atoms with Crippen LogP contribution >= 0.6 is 0 Å². The van der Waals surface area contributed by atoms with Gasteiger partial charge in [-0.05, 0) is 109 Å². The first-order chi connectivity index (χ1) is 32.0. The predicted octanol–water partition coefficient (Wildman–Crippen LogP) is 17.8. The maximum atomic E-state index is 12.8. The van der Waals surface area contributed by atoms with Gasteiger partial charge in [0.1, 0.15) is 13.2 Å². The lowest BCUT2D eigenvalue weighted by atomic mass is 10.1. The van der Waals surface area contributed by atoms with Gasteiger partial charge in [-0.25, -0.2) is 0 Å². The van der Waals surface area contributed by atoms with E-state index in [4.69, 9.17) is 14.2 Å². The van der Waals surface area contributed by atoms with Gasteiger partial charge in [-0.1, -0.05) is 208 Å². The van der Waals surface area contributed by atoms with Gasteiger partial charge in [0, 0.05) is 19.3 Å². The summed E-state index contributed by atoms with van der Waals surface area (Å²) in [6.07, 6.45) is 69.6. The predicted molar refractivity (Wildman–Crippen MR) is 279 cm³/mol. The molecule has 0 N–H and O–H groups in total. The molecule has 6 nitrogen and oxygen atoms in total. The summed E-state index contributed by atoms with van der Waals surface area (Å²) < 4.78 is 16.8. The molecule has 0 saturated heterocycles. The van der Waals surface area contributed by atoms with Crippen LogP contribution in [-0.4, -0.2) is 37.2 Å². The molecular formula is C59H98O6. The summed E-state index contributed by atoms with van der Waals surface area (Å²) >= 11 is 0. The highest BCUT2D eigenvalue weighted by molar-refractivity contribution is 5.71. The highest BCUT2D eigenvalue weighted by Crippen LogP contribution is 2.13. The molecule has 0 aromatic heterocycles. The zero-order valence-electron chi connectivity index (χ0n) is 42.2. The van der Waals surface area contributed by atoms with Crippen LogP contribution in [0.4, 0.5) is 0 Å². The van der Waals surface area contributed by atoms with Gasteiger partial charge in [0.25, 0.3) is 0 Å². The summed E-state index contributed by atoms with van der Waals surface area (Å²) in [5.41, 5.74) is 0. The molecule has 0 aliphatic carbocycles. The van der Waals surface area contributed by atoms with E-state index >= 15 is 0 Å². The lowest BCUT2D eigenvalue weighted by Crippen LogP contribution is -2.30. The molecule has 1 atom stereocenters. The highest BCUT2D eigenvalue weighted by Gasteiger charge is 2.19. The summed E-state index contributed by atoms with van der Waals surface area (Å²) in [5.74, 6) is -0.974. The quantitative estimate of drug-likeness (QED) is 0.0199. The molecule has 0 radical (unpaired) electrons. The fraction of sp³-hybridized carbons (Fsp3) is 0.678. The number of hydrogen-bond donors (Lipinski definition) is 0. The van der Waals surface area contributed by atoms with Crippen molar-refractivity contribution in [3.8, 4) is 0 Å². The minimum Gasteiger partial charge on any atom is -0.462 e. The summed E-state index contributed by atoms with van der Waals surface area (Å²) in [4.78, 5) is 38.0. The van der Waals surface area contributed by atoms with E-state index in [1.54, 1.807) is 0 Å². The van der Waals surface area contributed by atoms with Gasteiger partial charge in [0.15, 0.2) is 6.10 Å². The molecule has 0 bridgehead atoms. The molecule has 0 heterocycles. The fourth-order valence-electron chi connectivity index (χ4n) is 7.07. The minimum atomic E-state index is -0.809. The van der Waals surface area contributed by atoms with Crippen molar-refractivity contribution in [2.24, 2.45) is 0 Å². The fourth-order valence-corrected chi connectivity index (χ4v) is 7.07. The number of allylic oxidation sites excluding steroid dienone is 16. The molecule has 0 amide bonds. The zero-order valence-corrected chi connectivity index (χ0v) is 42.2. The number of carbonyl (C=O) groups excluding carboxylic acids is 3. The van der Waals surface area contributed by atoms with E-state index in [0.29, 0.717) is 12.8 Å². The SMILES string of the molecule is CC/C=C\C/C=C\C/C=C\C/C=C\CCCCCC(=O)OC(COC(=O)CCCCC/C=C\CCCCCCCC)COC(=O)CCCCCCC\C=C/C=C\C=C/CCCCCCC. The number of rotatable bonds is 47. The van der Waals surface area contributed by atoms with Crippen LogP contribution in [-0.2, 0) is 28.6 Å². The van der Waals surface area contributed by atoms with Gasteiger partial charge in [-0.2, -0.15) is 0 Å². The van der Waals surface area contributed by atoms with E-state index in [1.165, 1.54) is 70.6 Å². The van der Waals surface area contributed by atoms with E-state index in [2.05, 4.69) is 118 Å². The molecule has 0 saturated carbocycles. The normalized spacial score (nSPS) is 12.8. The zero-order chi connectivity index (χ0) is 47.2. The van der Waals surface area contributed by atoms with Crippen molar-refractivity contribution >= 4 is 17.9 Å². The minimum absolute atomic E-state index is 0.106. The Morgan fingerprint density at radius 3 is 1.09 bits per heavy atom. The van der Waals surface area contributed by atoms with Crippen LogP contribution < -0.4 is 0 Å². The Balaban J connectivity index is 4.51. The Bertz CT molecular complexity index is 1310. The molecular weight excluding hydrogens is 805 g/mol. The van der Waals surface area contributed by atoms with Crippen LogP contribution in [0.5, 0.6) is 0 Å². The van der Waals surface area contributed by atoms with E-state index in [9.17, 15) is 14.4 Å². The second kappa shape index (κ2) is 52.9. The second-order valence-electron chi connectivity index (χ2n) is 17.5. The molecule has 370 valence electrons. The van der Waals surface area contributed by atoms with Crippen LogP contribution in [0.15, 0.2) is 97.2 Å². The van der Waals surface area contributed by atoms with Crippen molar-refractivity contribution in [2.45, 2.75) is 245 Å². The smallest absolute Gasteiger partial charge is 0.306 e. The maximum Gasteiger partial charge on any atom is 0.306 e. The molecule has 0 spiro atoms. The average Bonchev–Trinajstić information content (AvgIpc) is 3.30. The largest absolute Gasteiger partial charge is 0.462 e. The van der Waals surface area contributed by atoms with E-state index in [0.717, 1.165) is 128 Å². The highest BCUT2D eigenvalue weighted by atomic mass is 16.6. The Hall–Kier alpha value is -3.67. The maximum absolute atomic E-state index is 12.8. The lowest BCUT2D eigenvalue weighted by Gasteiger charge is -2.18. The van der Waals surface area contributed by atoms with Crippen molar-refractivity contribution < 1.29 is 28.6 Å². The summed E-state index contributed by atoms with van der Waals surface area (Å²) in [7, 11) is 0. The van der Waals surface area contributed by atoms with Gasteiger partial charge in [-0.3, -0.25) is 14.4 Å². The number of hydrogen-bond acceptors (Lipinski definition) is 6. The third-order valence-electron chi connectivity index (χ3n) is 11.1. The van der Waals surface area contributed by atoms with E-state index in [1.807, 2.05) is 0 Å². The molecule has 65 heavy (non-hydrogen) atoms. The van der Waals surface area contributed by atoms with Crippen molar-refractivity contribution in [1.82, 2.24) is 0 Å². The first kappa shape index (κ1) is 61.3. The van der Waals surface area contributed by atoms with Crippen LogP contribution in [0.3, 0.4) is 0 Å². The molecule has 0 aliphatic heterocycles. The Labute approximate surface area is 400 Å². The molecule has 6 heteroatoms. The Morgan fingerprint density at radius 2 is 0.662 bits per heavy atom. The monoisotopic (exact) mass is 903 g/mol. The first-order valence-corrected chi connectivity index (χ1v) is 26.8. The van der Waals surface area contributed by atoms with E-state index < -0.39 is 6.10 Å². The van der Waals surface area contributed by atoms with Crippen LogP contribution in [0, 0.1) is 0 Å². The van der Waals surface area contributed by atoms with Gasteiger partial charge in [0.05, 0.1) is 0 Å². The van der Waals surface area contributed by atoms with Crippen LogP contribution in [0.25, 0.3) is 0 Å². The van der Waals surface area contributed by atoms with Crippen molar-refractivity contribution in [3.05, 3.63) is 97.2 Å². The topological polar surface area (TPSA) is 78.9 Å². The number of carbonyl (C=O) groups is 3. The summed E-state index contributed by atoms with van der Waals surface area (Å²) in [6.45, 7) is 6.44. The van der Waals surface area contributed by atoms with Crippen molar-refractivity contribution in [3.63, 3.8) is 0 Å². The summed E-state index contributed by atoms with van der Waals surface area (Å²) in [6, 6.07) is 0. The molecule has 0 aromatic carbocycles. The molecule has 1 unspecified atom stereocenters. The average molecular weight is 903 g/mol. The van der Waals surface area contributed by atoms with Gasteiger partial charge >= 0.3 is 17.9 Å². The van der Waals surface area contributed by atoms with Crippen molar-refractivity contribution in [2.75, 3.05) is 13.2 Å². The second-order valence-corrected chi connectivity index (χ2v) is 17.5. The Morgan fingerprint density at radius 1 is 0.338 bits per heavy atom. The number of esters is 3. The third kappa shape index (κ3) is 51.2. The van der Waals surface area contributed by atoms with Gasteiger partial charge < -0.3 is 14.2 Å². The molecule has 0 rings (SSSR count).